The van der Waals surface area contributed by atoms with E-state index in [0.29, 0.717) is 5.69 Å². The standard InChI is InChI=1S/C15H19F3N2S/c1-14(7-3-2-4-8-14)20-10-5-6-12(15(16,17)18)11(9-10)13(19)21/h5-6,9,20H,2-4,7-8H2,1H3,(H2,19,21). The molecule has 1 aromatic carbocycles. The van der Waals surface area contributed by atoms with E-state index in [1.165, 1.54) is 18.6 Å². The molecular weight excluding hydrogens is 297 g/mol. The van der Waals surface area contributed by atoms with Gasteiger partial charge in [-0.3, -0.25) is 0 Å². The van der Waals surface area contributed by atoms with Gasteiger partial charge in [0.15, 0.2) is 0 Å². The molecule has 0 saturated heterocycles. The van der Waals surface area contributed by atoms with Crippen LogP contribution in [0.3, 0.4) is 0 Å². The molecule has 0 unspecified atom stereocenters. The molecule has 0 heterocycles. The van der Waals surface area contributed by atoms with Gasteiger partial charge in [0.2, 0.25) is 0 Å². The number of alkyl halides is 3. The summed E-state index contributed by atoms with van der Waals surface area (Å²) in [4.78, 5) is -0.236. The van der Waals surface area contributed by atoms with Crippen molar-refractivity contribution in [3.8, 4) is 0 Å². The Morgan fingerprint density at radius 2 is 1.86 bits per heavy atom. The quantitative estimate of drug-likeness (QED) is 0.808. The van der Waals surface area contributed by atoms with Crippen molar-refractivity contribution < 1.29 is 13.2 Å². The number of nitrogens with one attached hydrogen (secondary N) is 1. The zero-order valence-electron chi connectivity index (χ0n) is 11.9. The fourth-order valence-corrected chi connectivity index (χ4v) is 3.05. The van der Waals surface area contributed by atoms with E-state index in [9.17, 15) is 13.2 Å². The summed E-state index contributed by atoms with van der Waals surface area (Å²) in [6.07, 6.45) is 1.04. The lowest BCUT2D eigenvalue weighted by Gasteiger charge is -2.35. The van der Waals surface area contributed by atoms with Gasteiger partial charge in [-0.2, -0.15) is 13.2 Å². The van der Waals surface area contributed by atoms with E-state index in [1.807, 2.05) is 0 Å². The van der Waals surface area contributed by atoms with Crippen LogP contribution >= 0.6 is 12.2 Å². The van der Waals surface area contributed by atoms with Crippen molar-refractivity contribution in [1.82, 2.24) is 0 Å². The van der Waals surface area contributed by atoms with Gasteiger partial charge in [0.05, 0.1) is 5.56 Å². The molecule has 0 spiro atoms. The van der Waals surface area contributed by atoms with Gasteiger partial charge in [0.25, 0.3) is 0 Å². The number of benzene rings is 1. The lowest BCUT2D eigenvalue weighted by atomic mass is 9.83. The molecule has 0 bridgehead atoms. The van der Waals surface area contributed by atoms with Crippen LogP contribution in [-0.2, 0) is 6.18 Å². The van der Waals surface area contributed by atoms with Crippen LogP contribution in [0.4, 0.5) is 18.9 Å². The molecule has 2 nitrogen and oxygen atoms in total. The highest BCUT2D eigenvalue weighted by molar-refractivity contribution is 7.80. The van der Waals surface area contributed by atoms with E-state index in [-0.39, 0.29) is 16.1 Å². The predicted octanol–water partition coefficient (Wildman–Crippen LogP) is 4.47. The third-order valence-corrected chi connectivity index (χ3v) is 4.21. The number of rotatable bonds is 3. The van der Waals surface area contributed by atoms with Gasteiger partial charge in [-0.05, 0) is 38.0 Å². The minimum Gasteiger partial charge on any atom is -0.389 e. The number of anilines is 1. The first-order chi connectivity index (χ1) is 9.71. The summed E-state index contributed by atoms with van der Waals surface area (Å²) in [5.74, 6) is 0. The fourth-order valence-electron chi connectivity index (χ4n) is 2.88. The summed E-state index contributed by atoms with van der Waals surface area (Å²) >= 11 is 4.76. The Hall–Kier alpha value is -1.30. The Labute approximate surface area is 127 Å². The van der Waals surface area contributed by atoms with E-state index in [0.717, 1.165) is 31.7 Å². The first kappa shape index (κ1) is 16.1. The van der Waals surface area contributed by atoms with Gasteiger partial charge in [-0.1, -0.05) is 31.5 Å². The Balaban J connectivity index is 2.30. The van der Waals surface area contributed by atoms with Gasteiger partial charge in [0.1, 0.15) is 4.99 Å². The normalized spacial score (nSPS) is 18.3. The Bertz CT molecular complexity index is 534. The molecule has 0 amide bonds. The van der Waals surface area contributed by atoms with Crippen molar-refractivity contribution >= 4 is 22.9 Å². The van der Waals surface area contributed by atoms with Gasteiger partial charge in [0, 0.05) is 16.8 Å². The molecule has 21 heavy (non-hydrogen) atoms. The third-order valence-electron chi connectivity index (χ3n) is 3.99. The van der Waals surface area contributed by atoms with Crippen molar-refractivity contribution in [2.45, 2.75) is 50.7 Å². The summed E-state index contributed by atoms with van der Waals surface area (Å²) in [6.45, 7) is 2.10. The second-order valence-electron chi connectivity index (χ2n) is 5.87. The smallest absolute Gasteiger partial charge is 0.389 e. The number of nitrogens with two attached hydrogens (primary N) is 1. The van der Waals surface area contributed by atoms with E-state index in [1.54, 1.807) is 0 Å². The Morgan fingerprint density at radius 3 is 2.38 bits per heavy atom. The predicted molar refractivity (Wildman–Crippen MR) is 82.4 cm³/mol. The van der Waals surface area contributed by atoms with E-state index < -0.39 is 11.7 Å². The van der Waals surface area contributed by atoms with E-state index >= 15 is 0 Å². The van der Waals surface area contributed by atoms with Crippen molar-refractivity contribution in [2.24, 2.45) is 5.73 Å². The minimum atomic E-state index is -4.45. The zero-order chi connectivity index (χ0) is 15.7. The van der Waals surface area contributed by atoms with Gasteiger partial charge < -0.3 is 11.1 Å². The van der Waals surface area contributed by atoms with Crippen LogP contribution in [0.5, 0.6) is 0 Å². The van der Waals surface area contributed by atoms with Crippen LogP contribution in [-0.4, -0.2) is 10.5 Å². The topological polar surface area (TPSA) is 38.0 Å². The highest BCUT2D eigenvalue weighted by Gasteiger charge is 2.34. The van der Waals surface area contributed by atoms with Crippen molar-refractivity contribution in [3.05, 3.63) is 29.3 Å². The zero-order valence-corrected chi connectivity index (χ0v) is 12.7. The highest BCUT2D eigenvalue weighted by Crippen LogP contribution is 2.35. The molecule has 1 aromatic rings. The monoisotopic (exact) mass is 316 g/mol. The van der Waals surface area contributed by atoms with Crippen LogP contribution in [0.25, 0.3) is 0 Å². The molecule has 1 aliphatic carbocycles. The van der Waals surface area contributed by atoms with Crippen LogP contribution in [0.1, 0.15) is 50.2 Å². The Morgan fingerprint density at radius 1 is 1.24 bits per heavy atom. The average Bonchev–Trinajstić information content (AvgIpc) is 2.37. The fraction of sp³-hybridized carbons (Fsp3) is 0.533. The maximum atomic E-state index is 12.9. The Kier molecular flexibility index (Phi) is 4.46. The second-order valence-corrected chi connectivity index (χ2v) is 6.31. The summed E-state index contributed by atoms with van der Waals surface area (Å²) in [5.41, 5.74) is 5.10. The average molecular weight is 316 g/mol. The van der Waals surface area contributed by atoms with Gasteiger partial charge >= 0.3 is 6.18 Å². The maximum absolute atomic E-state index is 12.9. The van der Waals surface area contributed by atoms with Gasteiger partial charge in [-0.15, -0.1) is 0 Å². The second kappa shape index (κ2) is 5.83. The molecule has 0 atom stereocenters. The SMILES string of the molecule is CC1(Nc2ccc(C(F)(F)F)c(C(N)=S)c2)CCCCC1. The largest absolute Gasteiger partial charge is 0.417 e. The molecule has 1 aliphatic rings. The molecule has 6 heteroatoms. The molecular formula is C15H19F3N2S. The number of hydrogen-bond acceptors (Lipinski definition) is 2. The molecule has 2 rings (SSSR count). The molecule has 1 fully saturated rings. The summed E-state index contributed by atoms with van der Waals surface area (Å²) in [5, 5.41) is 3.35. The summed E-state index contributed by atoms with van der Waals surface area (Å²) in [6, 6.07) is 3.90. The van der Waals surface area contributed by atoms with E-state index in [2.05, 4.69) is 12.2 Å². The molecule has 0 aromatic heterocycles. The van der Waals surface area contributed by atoms with Crippen LogP contribution < -0.4 is 11.1 Å². The first-order valence-electron chi connectivity index (χ1n) is 7.00. The van der Waals surface area contributed by atoms with Crippen molar-refractivity contribution in [1.29, 1.82) is 0 Å². The molecule has 116 valence electrons. The number of thiocarbonyl (C=S) groups is 1. The van der Waals surface area contributed by atoms with Gasteiger partial charge in [-0.25, -0.2) is 0 Å². The highest BCUT2D eigenvalue weighted by atomic mass is 32.1. The molecule has 0 aliphatic heterocycles. The van der Waals surface area contributed by atoms with Crippen LogP contribution in [0, 0.1) is 0 Å². The molecule has 3 N–H and O–H groups in total. The van der Waals surface area contributed by atoms with E-state index in [4.69, 9.17) is 18.0 Å². The number of halogens is 3. The molecule has 1 saturated carbocycles. The number of hydrogen-bond donors (Lipinski definition) is 2. The maximum Gasteiger partial charge on any atom is 0.417 e. The summed E-state index contributed by atoms with van der Waals surface area (Å²) in [7, 11) is 0. The van der Waals surface area contributed by atoms with Crippen LogP contribution in [0.2, 0.25) is 0 Å². The lowest BCUT2D eigenvalue weighted by Crippen LogP contribution is -2.36. The summed E-state index contributed by atoms with van der Waals surface area (Å²) < 4.78 is 38.8. The van der Waals surface area contributed by atoms with Crippen LogP contribution in [0.15, 0.2) is 18.2 Å². The minimum absolute atomic E-state index is 0.0779. The third kappa shape index (κ3) is 3.87. The van der Waals surface area contributed by atoms with Crippen molar-refractivity contribution in [3.63, 3.8) is 0 Å². The van der Waals surface area contributed by atoms with Crippen molar-refractivity contribution in [2.75, 3.05) is 5.32 Å². The molecule has 0 radical (unpaired) electrons. The lowest BCUT2D eigenvalue weighted by molar-refractivity contribution is -0.137. The first-order valence-corrected chi connectivity index (χ1v) is 7.41.